The quantitative estimate of drug-likeness (QED) is 0.480. The van der Waals surface area contributed by atoms with E-state index in [0.29, 0.717) is 17.4 Å². The monoisotopic (exact) mass is 411 g/mol. The summed E-state index contributed by atoms with van der Waals surface area (Å²) >= 11 is 1.25. The van der Waals surface area contributed by atoms with E-state index in [1.165, 1.54) is 46.1 Å². The van der Waals surface area contributed by atoms with Crippen LogP contribution < -0.4 is 11.2 Å². The van der Waals surface area contributed by atoms with E-state index in [1.807, 2.05) is 13.0 Å². The average Bonchev–Trinajstić information content (AvgIpc) is 3.31. The SMILES string of the molecule is C[C@@H](Sc1nnc(Cc2ccc(F)cc2)n1N)C(=O)Nc1ccc2c(c1)CCC2. The molecule has 0 spiro atoms. The Morgan fingerprint density at radius 2 is 1.97 bits per heavy atom. The van der Waals surface area contributed by atoms with Gasteiger partial charge >= 0.3 is 0 Å². The first-order chi connectivity index (χ1) is 14.0. The van der Waals surface area contributed by atoms with E-state index in [4.69, 9.17) is 5.84 Å². The van der Waals surface area contributed by atoms with Crippen molar-refractivity contribution in [3.05, 3.63) is 70.8 Å². The molecule has 0 saturated heterocycles. The lowest BCUT2D eigenvalue weighted by atomic mass is 10.1. The molecule has 1 aliphatic rings. The van der Waals surface area contributed by atoms with Crippen LogP contribution >= 0.6 is 11.8 Å². The van der Waals surface area contributed by atoms with Gasteiger partial charge in [-0.25, -0.2) is 9.07 Å². The molecule has 0 unspecified atom stereocenters. The highest BCUT2D eigenvalue weighted by molar-refractivity contribution is 8.00. The molecule has 29 heavy (non-hydrogen) atoms. The van der Waals surface area contributed by atoms with Crippen LogP contribution in [0.1, 0.15) is 35.9 Å². The van der Waals surface area contributed by atoms with E-state index in [9.17, 15) is 9.18 Å². The van der Waals surface area contributed by atoms with E-state index in [-0.39, 0.29) is 11.7 Å². The van der Waals surface area contributed by atoms with Gasteiger partial charge in [-0.1, -0.05) is 30.0 Å². The third-order valence-electron chi connectivity index (χ3n) is 5.03. The van der Waals surface area contributed by atoms with E-state index < -0.39 is 5.25 Å². The number of thioether (sulfide) groups is 1. The molecule has 3 aromatic rings. The predicted octanol–water partition coefficient (Wildman–Crippen LogP) is 3.33. The second kappa shape index (κ2) is 8.24. The van der Waals surface area contributed by atoms with Crippen molar-refractivity contribution in [3.8, 4) is 0 Å². The fourth-order valence-corrected chi connectivity index (χ4v) is 4.19. The molecule has 0 saturated carbocycles. The van der Waals surface area contributed by atoms with Gasteiger partial charge in [-0.2, -0.15) is 0 Å². The zero-order chi connectivity index (χ0) is 20.4. The molecule has 8 heteroatoms. The summed E-state index contributed by atoms with van der Waals surface area (Å²) in [7, 11) is 0. The number of aromatic nitrogens is 3. The molecule has 1 amide bonds. The molecule has 4 rings (SSSR count). The Morgan fingerprint density at radius 3 is 2.76 bits per heavy atom. The molecule has 2 aromatic carbocycles. The molecular weight excluding hydrogens is 389 g/mol. The van der Waals surface area contributed by atoms with Crippen LogP contribution in [0, 0.1) is 5.82 Å². The smallest absolute Gasteiger partial charge is 0.237 e. The topological polar surface area (TPSA) is 85.8 Å². The predicted molar refractivity (Wildman–Crippen MR) is 112 cm³/mol. The Kier molecular flexibility index (Phi) is 5.53. The van der Waals surface area contributed by atoms with E-state index in [0.717, 1.165) is 24.1 Å². The molecule has 1 aromatic heterocycles. The van der Waals surface area contributed by atoms with Gasteiger partial charge < -0.3 is 11.2 Å². The summed E-state index contributed by atoms with van der Waals surface area (Å²) in [5.41, 5.74) is 4.38. The number of nitrogens with one attached hydrogen (secondary N) is 1. The van der Waals surface area contributed by atoms with Crippen molar-refractivity contribution in [2.75, 3.05) is 11.2 Å². The van der Waals surface area contributed by atoms with Crippen LogP contribution in [0.15, 0.2) is 47.6 Å². The lowest BCUT2D eigenvalue weighted by Crippen LogP contribution is -2.24. The maximum absolute atomic E-state index is 13.1. The third kappa shape index (κ3) is 4.42. The largest absolute Gasteiger partial charge is 0.336 e. The lowest BCUT2D eigenvalue weighted by Gasteiger charge is -2.12. The number of nitrogens with zero attached hydrogens (tertiary/aromatic N) is 3. The highest BCUT2D eigenvalue weighted by atomic mass is 32.2. The number of anilines is 1. The van der Waals surface area contributed by atoms with Crippen LogP contribution in [-0.2, 0) is 24.1 Å². The zero-order valence-electron chi connectivity index (χ0n) is 16.1. The maximum atomic E-state index is 13.1. The Balaban J connectivity index is 1.39. The number of halogens is 1. The number of nitrogen functional groups attached to an aromatic ring is 1. The highest BCUT2D eigenvalue weighted by Crippen LogP contribution is 2.26. The number of hydrogen-bond acceptors (Lipinski definition) is 5. The van der Waals surface area contributed by atoms with Crippen LogP contribution in [0.3, 0.4) is 0 Å². The number of amides is 1. The number of rotatable bonds is 6. The van der Waals surface area contributed by atoms with Crippen LogP contribution in [0.5, 0.6) is 0 Å². The fraction of sp³-hybridized carbons (Fsp3) is 0.286. The normalized spacial score (nSPS) is 13.9. The molecule has 0 aliphatic heterocycles. The molecule has 150 valence electrons. The van der Waals surface area contributed by atoms with Crippen molar-refractivity contribution in [2.45, 2.75) is 43.0 Å². The standard InChI is InChI=1S/C21H22FN5OS/c1-13(20(28)24-18-10-7-15-3-2-4-16(15)12-18)29-21-26-25-19(27(21)23)11-14-5-8-17(22)9-6-14/h5-10,12-13H,2-4,11,23H2,1H3,(H,24,28)/t13-/m1/s1. The first kappa shape index (κ1) is 19.4. The number of fused-ring (bicyclic) bond motifs is 1. The van der Waals surface area contributed by atoms with Gasteiger partial charge in [0.1, 0.15) is 5.82 Å². The molecule has 0 radical (unpaired) electrons. The Morgan fingerprint density at radius 1 is 1.21 bits per heavy atom. The van der Waals surface area contributed by atoms with Crippen molar-refractivity contribution in [3.63, 3.8) is 0 Å². The lowest BCUT2D eigenvalue weighted by molar-refractivity contribution is -0.115. The van der Waals surface area contributed by atoms with Gasteiger partial charge in [-0.05, 0) is 67.1 Å². The number of carbonyl (C=O) groups excluding carboxylic acids is 1. The number of aryl methyl sites for hydroxylation is 2. The molecular formula is C21H22FN5OS. The minimum absolute atomic E-state index is 0.115. The Labute approximate surface area is 172 Å². The number of benzene rings is 2. The van der Waals surface area contributed by atoms with Crippen molar-refractivity contribution in [2.24, 2.45) is 0 Å². The summed E-state index contributed by atoms with van der Waals surface area (Å²) in [5, 5.41) is 11.2. The summed E-state index contributed by atoms with van der Waals surface area (Å²) in [6, 6.07) is 12.3. The molecule has 0 fully saturated rings. The van der Waals surface area contributed by atoms with Crippen LogP contribution in [-0.4, -0.2) is 26.0 Å². The van der Waals surface area contributed by atoms with Crippen LogP contribution in [0.2, 0.25) is 0 Å². The average molecular weight is 412 g/mol. The van der Waals surface area contributed by atoms with E-state index >= 15 is 0 Å². The Hall–Kier alpha value is -2.87. The van der Waals surface area contributed by atoms with Crippen LogP contribution in [0.25, 0.3) is 0 Å². The Bertz CT molecular complexity index is 1030. The summed E-state index contributed by atoms with van der Waals surface area (Å²) in [6.45, 7) is 1.81. The fourth-order valence-electron chi connectivity index (χ4n) is 3.40. The molecule has 0 bridgehead atoms. The van der Waals surface area contributed by atoms with Crippen molar-refractivity contribution < 1.29 is 9.18 Å². The minimum atomic E-state index is -0.395. The second-order valence-corrected chi connectivity index (χ2v) is 8.47. The van der Waals surface area contributed by atoms with Gasteiger partial charge in [0.05, 0.1) is 5.25 Å². The third-order valence-corrected chi connectivity index (χ3v) is 6.08. The summed E-state index contributed by atoms with van der Waals surface area (Å²) in [6.07, 6.45) is 3.78. The number of hydrogen-bond donors (Lipinski definition) is 2. The molecule has 1 aliphatic carbocycles. The first-order valence-corrected chi connectivity index (χ1v) is 10.4. The van der Waals surface area contributed by atoms with Crippen molar-refractivity contribution in [1.29, 1.82) is 0 Å². The van der Waals surface area contributed by atoms with Gasteiger partial charge in [-0.15, -0.1) is 10.2 Å². The number of carbonyl (C=O) groups is 1. The maximum Gasteiger partial charge on any atom is 0.237 e. The molecule has 3 N–H and O–H groups in total. The summed E-state index contributed by atoms with van der Waals surface area (Å²) in [5.74, 6) is 6.25. The molecule has 1 heterocycles. The van der Waals surface area contributed by atoms with Crippen molar-refractivity contribution >= 4 is 23.4 Å². The summed E-state index contributed by atoms with van der Waals surface area (Å²) in [4.78, 5) is 12.6. The van der Waals surface area contributed by atoms with Gasteiger partial charge in [-0.3, -0.25) is 4.79 Å². The summed E-state index contributed by atoms with van der Waals surface area (Å²) < 4.78 is 14.4. The first-order valence-electron chi connectivity index (χ1n) is 9.53. The van der Waals surface area contributed by atoms with Crippen molar-refractivity contribution in [1.82, 2.24) is 14.9 Å². The van der Waals surface area contributed by atoms with E-state index in [2.05, 4.69) is 27.6 Å². The zero-order valence-corrected chi connectivity index (χ0v) is 16.9. The highest BCUT2D eigenvalue weighted by Gasteiger charge is 2.20. The van der Waals surface area contributed by atoms with Gasteiger partial charge in [0.2, 0.25) is 11.1 Å². The van der Waals surface area contributed by atoms with Gasteiger partial charge in [0.25, 0.3) is 0 Å². The number of nitrogens with two attached hydrogens (primary N) is 1. The molecule has 6 nitrogen and oxygen atoms in total. The van der Waals surface area contributed by atoms with E-state index in [1.54, 1.807) is 12.1 Å². The second-order valence-electron chi connectivity index (χ2n) is 7.16. The van der Waals surface area contributed by atoms with Crippen LogP contribution in [0.4, 0.5) is 10.1 Å². The molecule has 1 atom stereocenters. The van der Waals surface area contributed by atoms with Gasteiger partial charge in [0, 0.05) is 12.1 Å². The minimum Gasteiger partial charge on any atom is -0.336 e. The van der Waals surface area contributed by atoms with Gasteiger partial charge in [0.15, 0.2) is 5.82 Å².